The molecule has 1 heterocycles. The highest BCUT2D eigenvalue weighted by molar-refractivity contribution is 9.10. The molecule has 0 radical (unpaired) electrons. The van der Waals surface area contributed by atoms with Crippen LogP contribution in [0.5, 0.6) is 11.5 Å². The van der Waals surface area contributed by atoms with Gasteiger partial charge < -0.3 is 14.4 Å². The third kappa shape index (κ3) is 5.27. The average molecular weight is 516 g/mol. The number of nitrogens with zero attached hydrogens (tertiary/aromatic N) is 2. The number of halogens is 2. The molecule has 0 atom stereocenters. The van der Waals surface area contributed by atoms with Crippen molar-refractivity contribution in [3.8, 4) is 11.5 Å². The number of amidine groups is 1. The van der Waals surface area contributed by atoms with E-state index < -0.39 is 0 Å². The predicted molar refractivity (Wildman–Crippen MR) is 120 cm³/mol. The van der Waals surface area contributed by atoms with Crippen LogP contribution in [0.2, 0.25) is 0 Å². The minimum atomic E-state index is -0.0101. The first-order valence-corrected chi connectivity index (χ1v) is 9.86. The molecule has 8 heteroatoms. The zero-order chi connectivity index (χ0) is 18.5. The standard InChI is InChI=1S/C19H19BrN2O3S.BrH/c1-24-17-8-3-13(11-18(17)25-2)16(23)12-22(19-21-9-10-26-19)15-6-4-14(20)5-7-15;/h3-8,11H,9-10,12H2,1-2H3;1H. The highest BCUT2D eigenvalue weighted by atomic mass is 79.9. The first kappa shape index (κ1) is 21.8. The van der Waals surface area contributed by atoms with Crippen LogP contribution in [0.4, 0.5) is 5.69 Å². The van der Waals surface area contributed by atoms with Gasteiger partial charge in [0.05, 0.1) is 27.3 Å². The number of Topliss-reactive ketones (excluding diaryl/α,β-unsaturated/α-hetero) is 1. The van der Waals surface area contributed by atoms with E-state index in [9.17, 15) is 4.79 Å². The number of aliphatic imine (C=N–C) groups is 1. The number of carbonyl (C=O) groups excluding carboxylic acids is 1. The molecule has 0 aromatic heterocycles. The topological polar surface area (TPSA) is 51.1 Å². The van der Waals surface area contributed by atoms with Crippen LogP contribution < -0.4 is 14.4 Å². The summed E-state index contributed by atoms with van der Waals surface area (Å²) in [5.74, 6) is 2.07. The number of rotatable bonds is 6. The van der Waals surface area contributed by atoms with Crippen molar-refractivity contribution in [1.82, 2.24) is 0 Å². The van der Waals surface area contributed by atoms with Gasteiger partial charge in [-0.3, -0.25) is 9.79 Å². The minimum absolute atomic E-state index is 0. The fourth-order valence-corrected chi connectivity index (χ4v) is 3.76. The second kappa shape index (κ2) is 10.1. The minimum Gasteiger partial charge on any atom is -0.493 e. The summed E-state index contributed by atoms with van der Waals surface area (Å²) in [6.45, 7) is 0.987. The summed E-state index contributed by atoms with van der Waals surface area (Å²) in [6, 6.07) is 13.1. The van der Waals surface area contributed by atoms with Gasteiger partial charge >= 0.3 is 0 Å². The zero-order valence-electron chi connectivity index (χ0n) is 15.0. The van der Waals surface area contributed by atoms with E-state index in [0.29, 0.717) is 17.1 Å². The molecule has 1 aliphatic heterocycles. The number of ketones is 1. The monoisotopic (exact) mass is 514 g/mol. The molecule has 0 spiro atoms. The third-order valence-electron chi connectivity index (χ3n) is 3.95. The molecule has 0 bridgehead atoms. The van der Waals surface area contributed by atoms with Crippen LogP contribution >= 0.6 is 44.7 Å². The fourth-order valence-electron chi connectivity index (χ4n) is 2.62. The number of hydrogen-bond donors (Lipinski definition) is 0. The lowest BCUT2D eigenvalue weighted by Crippen LogP contribution is -2.33. The molecule has 5 nitrogen and oxygen atoms in total. The Morgan fingerprint density at radius 3 is 2.44 bits per heavy atom. The molecule has 0 saturated heterocycles. The van der Waals surface area contributed by atoms with Gasteiger partial charge in [-0.1, -0.05) is 27.7 Å². The average Bonchev–Trinajstić information content (AvgIpc) is 3.20. The van der Waals surface area contributed by atoms with E-state index in [0.717, 1.165) is 27.6 Å². The molecule has 27 heavy (non-hydrogen) atoms. The first-order valence-electron chi connectivity index (χ1n) is 8.08. The van der Waals surface area contributed by atoms with Crippen molar-refractivity contribution in [2.75, 3.05) is 38.0 Å². The number of anilines is 1. The van der Waals surface area contributed by atoms with Crippen LogP contribution in [0.15, 0.2) is 51.9 Å². The number of thioether (sulfide) groups is 1. The van der Waals surface area contributed by atoms with E-state index in [-0.39, 0.29) is 29.3 Å². The van der Waals surface area contributed by atoms with E-state index in [1.165, 1.54) is 0 Å². The lowest BCUT2D eigenvalue weighted by molar-refractivity contribution is 0.100. The Morgan fingerprint density at radius 1 is 1.15 bits per heavy atom. The summed E-state index contributed by atoms with van der Waals surface area (Å²) in [6.07, 6.45) is 0. The molecule has 1 aliphatic rings. The SMILES string of the molecule is Br.COc1ccc(C(=O)CN(C2=NCCS2)c2ccc(Br)cc2)cc1OC. The second-order valence-electron chi connectivity index (χ2n) is 5.57. The van der Waals surface area contributed by atoms with E-state index >= 15 is 0 Å². The van der Waals surface area contributed by atoms with Crippen LogP contribution in [0.3, 0.4) is 0 Å². The molecular weight excluding hydrogens is 496 g/mol. The molecule has 0 unspecified atom stereocenters. The van der Waals surface area contributed by atoms with Crippen LogP contribution in [-0.4, -0.2) is 44.0 Å². The van der Waals surface area contributed by atoms with Gasteiger partial charge in [0, 0.05) is 21.5 Å². The molecule has 0 saturated carbocycles. The molecule has 2 aromatic carbocycles. The van der Waals surface area contributed by atoms with E-state index in [2.05, 4.69) is 20.9 Å². The van der Waals surface area contributed by atoms with Crippen molar-refractivity contribution in [3.05, 3.63) is 52.5 Å². The van der Waals surface area contributed by atoms with Crippen molar-refractivity contribution in [2.24, 2.45) is 4.99 Å². The van der Waals surface area contributed by atoms with E-state index in [4.69, 9.17) is 9.47 Å². The summed E-state index contributed by atoms with van der Waals surface area (Å²) < 4.78 is 11.5. The number of ether oxygens (including phenoxy) is 2. The maximum atomic E-state index is 12.9. The summed E-state index contributed by atoms with van der Waals surface area (Å²) in [5, 5.41) is 0.876. The quantitative estimate of drug-likeness (QED) is 0.515. The Labute approximate surface area is 182 Å². The maximum Gasteiger partial charge on any atom is 0.182 e. The van der Waals surface area contributed by atoms with Gasteiger partial charge in [-0.25, -0.2) is 0 Å². The molecule has 144 valence electrons. The highest BCUT2D eigenvalue weighted by Crippen LogP contribution is 2.29. The molecule has 3 rings (SSSR count). The largest absolute Gasteiger partial charge is 0.493 e. The van der Waals surface area contributed by atoms with E-state index in [1.807, 2.05) is 29.2 Å². The summed E-state index contributed by atoms with van der Waals surface area (Å²) in [7, 11) is 3.13. The zero-order valence-corrected chi connectivity index (χ0v) is 19.1. The van der Waals surface area contributed by atoms with Gasteiger partial charge in [-0.15, -0.1) is 17.0 Å². The van der Waals surface area contributed by atoms with Crippen molar-refractivity contribution < 1.29 is 14.3 Å². The van der Waals surface area contributed by atoms with Crippen LogP contribution in [0.1, 0.15) is 10.4 Å². The van der Waals surface area contributed by atoms with Gasteiger partial charge in [0.2, 0.25) is 0 Å². The lowest BCUT2D eigenvalue weighted by Gasteiger charge is -2.23. The number of hydrogen-bond acceptors (Lipinski definition) is 6. The summed E-state index contributed by atoms with van der Waals surface area (Å²) in [5.41, 5.74) is 1.52. The third-order valence-corrected chi connectivity index (χ3v) is 5.47. The van der Waals surface area contributed by atoms with Crippen molar-refractivity contribution in [1.29, 1.82) is 0 Å². The fraction of sp³-hybridized carbons (Fsp3) is 0.263. The Hall–Kier alpha value is -1.51. The van der Waals surface area contributed by atoms with E-state index in [1.54, 1.807) is 44.2 Å². The molecule has 0 N–H and O–H groups in total. The predicted octanol–water partition coefficient (Wildman–Crippen LogP) is 4.84. The van der Waals surface area contributed by atoms with Gasteiger partial charge in [0.25, 0.3) is 0 Å². The van der Waals surface area contributed by atoms with Crippen molar-refractivity contribution in [3.63, 3.8) is 0 Å². The Morgan fingerprint density at radius 2 is 1.85 bits per heavy atom. The van der Waals surface area contributed by atoms with Gasteiger partial charge in [0.1, 0.15) is 0 Å². The second-order valence-corrected chi connectivity index (χ2v) is 7.55. The Bertz CT molecular complexity index is 828. The summed E-state index contributed by atoms with van der Waals surface area (Å²) in [4.78, 5) is 19.4. The highest BCUT2D eigenvalue weighted by Gasteiger charge is 2.22. The van der Waals surface area contributed by atoms with Gasteiger partial charge in [-0.05, 0) is 42.5 Å². The Balaban J connectivity index is 0.00000261. The normalized spacial score (nSPS) is 12.8. The smallest absolute Gasteiger partial charge is 0.182 e. The van der Waals surface area contributed by atoms with Crippen LogP contribution in [-0.2, 0) is 0 Å². The maximum absolute atomic E-state index is 12.9. The number of methoxy groups -OCH3 is 2. The first-order chi connectivity index (χ1) is 12.6. The molecular formula is C19H20Br2N2O3S. The summed E-state index contributed by atoms with van der Waals surface area (Å²) >= 11 is 5.12. The van der Waals surface area contributed by atoms with Gasteiger partial charge in [-0.2, -0.15) is 0 Å². The molecule has 2 aromatic rings. The Kier molecular flexibility index (Phi) is 8.19. The van der Waals surface area contributed by atoms with Crippen molar-refractivity contribution in [2.45, 2.75) is 0 Å². The lowest BCUT2D eigenvalue weighted by atomic mass is 10.1. The number of carbonyl (C=O) groups is 1. The van der Waals surface area contributed by atoms with Crippen LogP contribution in [0.25, 0.3) is 0 Å². The molecule has 0 amide bonds. The van der Waals surface area contributed by atoms with Crippen molar-refractivity contribution >= 4 is 61.3 Å². The van der Waals surface area contributed by atoms with Crippen LogP contribution in [0, 0.1) is 0 Å². The molecule has 0 fully saturated rings. The van der Waals surface area contributed by atoms with Gasteiger partial charge in [0.15, 0.2) is 22.4 Å². The number of benzene rings is 2. The molecule has 0 aliphatic carbocycles.